The van der Waals surface area contributed by atoms with Crippen LogP contribution in [-0.2, 0) is 6.42 Å². The van der Waals surface area contributed by atoms with Gasteiger partial charge in [0.1, 0.15) is 0 Å². The summed E-state index contributed by atoms with van der Waals surface area (Å²) >= 11 is 5.49. The summed E-state index contributed by atoms with van der Waals surface area (Å²) < 4.78 is 1.25. The highest BCUT2D eigenvalue weighted by Gasteiger charge is 2.17. The van der Waals surface area contributed by atoms with E-state index in [9.17, 15) is 0 Å². The molecule has 1 aromatic heterocycles. The van der Waals surface area contributed by atoms with E-state index >= 15 is 0 Å². The topological polar surface area (TPSA) is 12.0 Å². The van der Waals surface area contributed by atoms with Gasteiger partial charge in [-0.2, -0.15) is 0 Å². The van der Waals surface area contributed by atoms with Gasteiger partial charge in [0, 0.05) is 10.9 Å². The predicted molar refractivity (Wildman–Crippen MR) is 92.8 cm³/mol. The van der Waals surface area contributed by atoms with Crippen molar-refractivity contribution >= 4 is 27.3 Å². The Hall–Kier alpha value is -0.640. The average molecular weight is 352 g/mol. The molecule has 2 aromatic rings. The van der Waals surface area contributed by atoms with Crippen LogP contribution in [-0.4, -0.2) is 6.54 Å². The van der Waals surface area contributed by atoms with Crippen LogP contribution in [0, 0.1) is 20.8 Å². The molecule has 0 fully saturated rings. The van der Waals surface area contributed by atoms with Crippen LogP contribution in [0.5, 0.6) is 0 Å². The lowest BCUT2D eigenvalue weighted by Crippen LogP contribution is -2.22. The second-order valence-corrected chi connectivity index (χ2v) is 7.69. The zero-order valence-electron chi connectivity index (χ0n) is 12.6. The fourth-order valence-electron chi connectivity index (χ4n) is 2.55. The van der Waals surface area contributed by atoms with Gasteiger partial charge in [-0.15, -0.1) is 11.3 Å². The summed E-state index contributed by atoms with van der Waals surface area (Å²) in [5.41, 5.74) is 5.58. The third-order valence-corrected chi connectivity index (χ3v) is 5.97. The minimum absolute atomic E-state index is 0.398. The van der Waals surface area contributed by atoms with Crippen LogP contribution in [0.25, 0.3) is 0 Å². The molecule has 0 saturated heterocycles. The number of thiophene rings is 1. The van der Waals surface area contributed by atoms with Crippen LogP contribution in [0.4, 0.5) is 0 Å². The second kappa shape index (κ2) is 6.88. The number of aryl methyl sites for hydroxylation is 3. The van der Waals surface area contributed by atoms with Crippen LogP contribution >= 0.6 is 27.3 Å². The van der Waals surface area contributed by atoms with E-state index in [1.807, 2.05) is 11.3 Å². The van der Waals surface area contributed by atoms with Crippen molar-refractivity contribution in [2.75, 3.05) is 6.54 Å². The Balaban J connectivity index is 2.30. The number of hydrogen-bond acceptors (Lipinski definition) is 2. The van der Waals surface area contributed by atoms with Crippen molar-refractivity contribution in [3.8, 4) is 0 Å². The average Bonchev–Trinajstić information content (AvgIpc) is 2.73. The van der Waals surface area contributed by atoms with E-state index in [2.05, 4.69) is 73.2 Å². The number of nitrogens with one attached hydrogen (secondary N) is 1. The van der Waals surface area contributed by atoms with Crippen LogP contribution in [0.1, 0.15) is 40.1 Å². The molecule has 1 unspecified atom stereocenters. The number of benzene rings is 1. The van der Waals surface area contributed by atoms with Crippen LogP contribution in [0.3, 0.4) is 0 Å². The molecule has 0 radical (unpaired) electrons. The normalized spacial score (nSPS) is 12.7. The molecule has 1 N–H and O–H groups in total. The van der Waals surface area contributed by atoms with E-state index in [4.69, 9.17) is 0 Å². The summed E-state index contributed by atoms with van der Waals surface area (Å²) in [6.45, 7) is 9.74. The van der Waals surface area contributed by atoms with Crippen LogP contribution < -0.4 is 5.32 Å². The SMILES string of the molecule is CCNC(Cc1c(C)cccc1C)c1cc(C)c(Br)s1. The fourth-order valence-corrected chi connectivity index (χ4v) is 4.20. The Morgan fingerprint density at radius 2 is 1.80 bits per heavy atom. The molecular weight excluding hydrogens is 330 g/mol. The van der Waals surface area contributed by atoms with Crippen molar-refractivity contribution in [3.05, 3.63) is 55.2 Å². The van der Waals surface area contributed by atoms with Crippen molar-refractivity contribution in [2.24, 2.45) is 0 Å². The Labute approximate surface area is 134 Å². The molecule has 0 aliphatic rings. The zero-order chi connectivity index (χ0) is 14.7. The van der Waals surface area contributed by atoms with Gasteiger partial charge in [0.15, 0.2) is 0 Å². The molecule has 0 saturated carbocycles. The first-order valence-corrected chi connectivity index (χ1v) is 8.68. The van der Waals surface area contributed by atoms with Gasteiger partial charge in [-0.05, 0) is 78.0 Å². The molecule has 1 aromatic carbocycles. The van der Waals surface area contributed by atoms with E-state index in [-0.39, 0.29) is 0 Å². The van der Waals surface area contributed by atoms with E-state index in [1.54, 1.807) is 0 Å². The maximum absolute atomic E-state index is 3.64. The Morgan fingerprint density at radius 3 is 2.30 bits per heavy atom. The molecule has 2 rings (SSSR count). The fraction of sp³-hybridized carbons (Fsp3) is 0.412. The van der Waals surface area contributed by atoms with Crippen molar-refractivity contribution in [2.45, 2.75) is 40.2 Å². The van der Waals surface area contributed by atoms with Crippen molar-refractivity contribution in [3.63, 3.8) is 0 Å². The quantitative estimate of drug-likeness (QED) is 0.767. The molecule has 0 spiro atoms. The highest BCUT2D eigenvalue weighted by atomic mass is 79.9. The van der Waals surface area contributed by atoms with Crippen molar-refractivity contribution in [1.82, 2.24) is 5.32 Å². The van der Waals surface area contributed by atoms with Gasteiger partial charge in [-0.25, -0.2) is 0 Å². The largest absolute Gasteiger partial charge is 0.309 e. The maximum Gasteiger partial charge on any atom is 0.0731 e. The van der Waals surface area contributed by atoms with E-state index < -0.39 is 0 Å². The zero-order valence-corrected chi connectivity index (χ0v) is 15.0. The van der Waals surface area contributed by atoms with Gasteiger partial charge >= 0.3 is 0 Å². The Morgan fingerprint density at radius 1 is 1.15 bits per heavy atom. The van der Waals surface area contributed by atoms with Crippen molar-refractivity contribution < 1.29 is 0 Å². The Bertz CT molecular complexity index is 549. The molecule has 3 heteroatoms. The number of hydrogen-bond donors (Lipinski definition) is 1. The lowest BCUT2D eigenvalue weighted by atomic mass is 9.95. The Kier molecular flexibility index (Phi) is 5.42. The van der Waals surface area contributed by atoms with Gasteiger partial charge in [0.2, 0.25) is 0 Å². The second-order valence-electron chi connectivity index (χ2n) is 5.29. The molecule has 20 heavy (non-hydrogen) atoms. The molecule has 108 valence electrons. The maximum atomic E-state index is 3.64. The van der Waals surface area contributed by atoms with Crippen LogP contribution in [0.2, 0.25) is 0 Å². The summed E-state index contributed by atoms with van der Waals surface area (Å²) in [6, 6.07) is 9.26. The third-order valence-electron chi connectivity index (χ3n) is 3.72. The molecule has 0 amide bonds. The lowest BCUT2D eigenvalue weighted by molar-refractivity contribution is 0.556. The minimum Gasteiger partial charge on any atom is -0.309 e. The highest BCUT2D eigenvalue weighted by Crippen LogP contribution is 2.33. The summed E-state index contributed by atoms with van der Waals surface area (Å²) in [5.74, 6) is 0. The van der Waals surface area contributed by atoms with Gasteiger partial charge in [0.25, 0.3) is 0 Å². The first-order chi connectivity index (χ1) is 9.52. The molecule has 0 aliphatic carbocycles. The summed E-state index contributed by atoms with van der Waals surface area (Å²) in [7, 11) is 0. The van der Waals surface area contributed by atoms with E-state index in [1.165, 1.54) is 30.9 Å². The minimum atomic E-state index is 0.398. The smallest absolute Gasteiger partial charge is 0.0731 e. The third kappa shape index (κ3) is 3.51. The lowest BCUT2D eigenvalue weighted by Gasteiger charge is -2.19. The van der Waals surface area contributed by atoms with Gasteiger partial charge in [0.05, 0.1) is 3.79 Å². The highest BCUT2D eigenvalue weighted by molar-refractivity contribution is 9.11. The van der Waals surface area contributed by atoms with Crippen molar-refractivity contribution in [1.29, 1.82) is 0 Å². The first kappa shape index (κ1) is 15.7. The monoisotopic (exact) mass is 351 g/mol. The molecule has 1 nitrogen and oxygen atoms in total. The number of rotatable bonds is 5. The summed E-state index contributed by atoms with van der Waals surface area (Å²) in [6.07, 6.45) is 1.05. The summed E-state index contributed by atoms with van der Waals surface area (Å²) in [5, 5.41) is 3.63. The molecule has 0 aliphatic heterocycles. The molecule has 1 atom stereocenters. The molecule has 0 bridgehead atoms. The van der Waals surface area contributed by atoms with Gasteiger partial charge in [-0.1, -0.05) is 25.1 Å². The van der Waals surface area contributed by atoms with Crippen LogP contribution in [0.15, 0.2) is 28.1 Å². The number of likely N-dealkylation sites (N-methyl/N-ethyl adjacent to an activating group) is 1. The van der Waals surface area contributed by atoms with E-state index in [0.29, 0.717) is 6.04 Å². The number of halogens is 1. The van der Waals surface area contributed by atoms with Gasteiger partial charge in [-0.3, -0.25) is 0 Å². The first-order valence-electron chi connectivity index (χ1n) is 7.07. The summed E-state index contributed by atoms with van der Waals surface area (Å²) in [4.78, 5) is 1.42. The van der Waals surface area contributed by atoms with E-state index in [0.717, 1.165) is 13.0 Å². The predicted octanol–water partition coefficient (Wildman–Crippen LogP) is 5.33. The van der Waals surface area contributed by atoms with Gasteiger partial charge < -0.3 is 5.32 Å². The standard InChI is InChI=1S/C17H22BrNS/c1-5-19-15(16-9-13(4)17(18)20-16)10-14-11(2)7-6-8-12(14)3/h6-9,15,19H,5,10H2,1-4H3. The molecule has 1 heterocycles. The molecular formula is C17H22BrNS.